The van der Waals surface area contributed by atoms with Gasteiger partial charge < -0.3 is 5.11 Å². The van der Waals surface area contributed by atoms with E-state index in [2.05, 4.69) is 15.9 Å². The van der Waals surface area contributed by atoms with Crippen LogP contribution in [0.1, 0.15) is 6.92 Å². The molecule has 0 aliphatic rings. The van der Waals surface area contributed by atoms with Gasteiger partial charge in [-0.15, -0.1) is 11.3 Å². The van der Waals surface area contributed by atoms with Crippen molar-refractivity contribution in [3.8, 4) is 0 Å². The number of carboxylic acids is 1. The Morgan fingerprint density at radius 3 is 2.62 bits per heavy atom. The molecule has 0 saturated carbocycles. The molecule has 1 rings (SSSR count). The number of rotatable bonds is 4. The maximum atomic E-state index is 11.7. The van der Waals surface area contributed by atoms with Gasteiger partial charge in [0.05, 0.1) is 8.81 Å². The van der Waals surface area contributed by atoms with Crippen LogP contribution < -0.4 is 4.72 Å². The van der Waals surface area contributed by atoms with E-state index in [4.69, 9.17) is 16.7 Å². The summed E-state index contributed by atoms with van der Waals surface area (Å²) in [7, 11) is -3.83. The van der Waals surface area contributed by atoms with Gasteiger partial charge in [-0.25, -0.2) is 8.42 Å². The molecule has 0 aliphatic carbocycles. The normalized spacial score (nSPS) is 13.7. The lowest BCUT2D eigenvalue weighted by Crippen LogP contribution is -2.37. The molecular weight excluding hydrogens is 342 g/mol. The molecule has 9 heteroatoms. The Kier molecular flexibility index (Phi) is 4.35. The van der Waals surface area contributed by atoms with Gasteiger partial charge in [0.25, 0.3) is 10.0 Å². The summed E-state index contributed by atoms with van der Waals surface area (Å²) in [5.41, 5.74) is 0. The molecular formula is C7H7BrClNO4S2. The van der Waals surface area contributed by atoms with Gasteiger partial charge in [-0.2, -0.15) is 4.72 Å². The van der Waals surface area contributed by atoms with E-state index in [1.165, 1.54) is 13.0 Å². The molecule has 1 atom stereocenters. The molecule has 1 aromatic heterocycles. The van der Waals surface area contributed by atoms with Crippen molar-refractivity contribution in [2.75, 3.05) is 0 Å². The van der Waals surface area contributed by atoms with Crippen LogP contribution in [0.15, 0.2) is 14.1 Å². The number of halogens is 2. The number of thiophene rings is 1. The van der Waals surface area contributed by atoms with Crippen LogP contribution in [0.25, 0.3) is 0 Å². The second-order valence-electron chi connectivity index (χ2n) is 2.87. The first kappa shape index (κ1) is 13.9. The Labute approximate surface area is 110 Å². The second kappa shape index (κ2) is 5.01. The van der Waals surface area contributed by atoms with Gasteiger partial charge in [-0.05, 0) is 28.9 Å². The smallest absolute Gasteiger partial charge is 0.321 e. The van der Waals surface area contributed by atoms with Crippen LogP contribution in [-0.4, -0.2) is 25.5 Å². The minimum atomic E-state index is -3.83. The molecule has 0 aliphatic heterocycles. The standard InChI is InChI=1S/C7H7BrClNO4S2/c1-3(7(11)12)10-16(13,14)5-2-4(9)6(8)15-5/h2-3,10H,1H3,(H,11,12)/t3-/m0/s1. The van der Waals surface area contributed by atoms with E-state index in [1.807, 2.05) is 4.72 Å². The average Bonchev–Trinajstić information content (AvgIpc) is 2.47. The van der Waals surface area contributed by atoms with E-state index in [-0.39, 0.29) is 9.23 Å². The van der Waals surface area contributed by atoms with Crippen molar-refractivity contribution in [1.29, 1.82) is 0 Å². The van der Waals surface area contributed by atoms with Crippen molar-refractivity contribution in [3.63, 3.8) is 0 Å². The molecule has 0 saturated heterocycles. The third kappa shape index (κ3) is 3.17. The quantitative estimate of drug-likeness (QED) is 0.870. The summed E-state index contributed by atoms with van der Waals surface area (Å²) in [5.74, 6) is -1.25. The van der Waals surface area contributed by atoms with Crippen molar-refractivity contribution in [2.45, 2.75) is 17.2 Å². The third-order valence-corrected chi connectivity index (χ3v) is 6.08. The molecule has 0 spiro atoms. The molecule has 5 nitrogen and oxygen atoms in total. The first-order valence-corrected chi connectivity index (χ1v) is 7.41. The van der Waals surface area contributed by atoms with E-state index in [1.54, 1.807) is 0 Å². The van der Waals surface area contributed by atoms with Crippen LogP contribution in [-0.2, 0) is 14.8 Å². The van der Waals surface area contributed by atoms with Crippen molar-refractivity contribution >= 4 is 54.9 Å². The van der Waals surface area contributed by atoms with Gasteiger partial charge >= 0.3 is 5.97 Å². The van der Waals surface area contributed by atoms with Crippen LogP contribution in [0, 0.1) is 0 Å². The van der Waals surface area contributed by atoms with Gasteiger partial charge in [0.1, 0.15) is 10.3 Å². The summed E-state index contributed by atoms with van der Waals surface area (Å²) < 4.78 is 25.8. The number of nitrogens with one attached hydrogen (secondary N) is 1. The molecule has 1 aromatic rings. The van der Waals surface area contributed by atoms with Crippen molar-refractivity contribution in [3.05, 3.63) is 14.9 Å². The number of hydrogen-bond acceptors (Lipinski definition) is 4. The zero-order chi connectivity index (χ0) is 12.5. The van der Waals surface area contributed by atoms with Gasteiger partial charge in [0.15, 0.2) is 0 Å². The van der Waals surface area contributed by atoms with Crippen LogP contribution in [0.2, 0.25) is 5.02 Å². The van der Waals surface area contributed by atoms with Crippen LogP contribution in [0.4, 0.5) is 0 Å². The summed E-state index contributed by atoms with van der Waals surface area (Å²) in [6.07, 6.45) is 0. The fraction of sp³-hybridized carbons (Fsp3) is 0.286. The van der Waals surface area contributed by atoms with E-state index in [9.17, 15) is 13.2 Å². The fourth-order valence-electron chi connectivity index (χ4n) is 0.800. The Hall–Kier alpha value is -0.150. The highest BCUT2D eigenvalue weighted by Gasteiger charge is 2.24. The molecule has 0 fully saturated rings. The van der Waals surface area contributed by atoms with Gasteiger partial charge in [-0.1, -0.05) is 11.6 Å². The number of carbonyl (C=O) groups is 1. The third-order valence-electron chi connectivity index (χ3n) is 1.59. The van der Waals surface area contributed by atoms with Crippen LogP contribution >= 0.6 is 38.9 Å². The first-order chi connectivity index (χ1) is 7.24. The summed E-state index contributed by atoms with van der Waals surface area (Å²) in [4.78, 5) is 10.5. The van der Waals surface area contributed by atoms with E-state index >= 15 is 0 Å². The number of hydrogen-bond donors (Lipinski definition) is 2. The topological polar surface area (TPSA) is 83.5 Å². The lowest BCUT2D eigenvalue weighted by atomic mass is 10.4. The summed E-state index contributed by atoms with van der Waals surface area (Å²) in [6, 6.07) is 0.0670. The lowest BCUT2D eigenvalue weighted by Gasteiger charge is -2.07. The predicted octanol–water partition coefficient (Wildman–Crippen LogP) is 1.92. The molecule has 0 amide bonds. The van der Waals surface area contributed by atoms with Crippen LogP contribution in [0.3, 0.4) is 0 Å². The predicted molar refractivity (Wildman–Crippen MR) is 64.4 cm³/mol. The Bertz CT molecular complexity index is 493. The van der Waals surface area contributed by atoms with Crippen molar-refractivity contribution in [2.24, 2.45) is 0 Å². The zero-order valence-electron chi connectivity index (χ0n) is 7.90. The molecule has 90 valence electrons. The summed E-state index contributed by atoms with van der Waals surface area (Å²) in [5, 5.41) is 8.86. The zero-order valence-corrected chi connectivity index (χ0v) is 11.9. The van der Waals surface area contributed by atoms with Crippen molar-refractivity contribution in [1.82, 2.24) is 4.72 Å². The highest BCUT2D eigenvalue weighted by atomic mass is 79.9. The Morgan fingerprint density at radius 2 is 2.25 bits per heavy atom. The van der Waals surface area contributed by atoms with Gasteiger partial charge in [0, 0.05) is 0 Å². The summed E-state index contributed by atoms with van der Waals surface area (Å²) in [6.45, 7) is 1.24. The molecule has 0 bridgehead atoms. The Morgan fingerprint density at radius 1 is 1.69 bits per heavy atom. The highest BCUT2D eigenvalue weighted by molar-refractivity contribution is 9.11. The largest absolute Gasteiger partial charge is 0.480 e. The molecule has 1 heterocycles. The number of carboxylic acid groups (broad SMARTS) is 1. The molecule has 16 heavy (non-hydrogen) atoms. The van der Waals surface area contributed by atoms with E-state index in [0.29, 0.717) is 3.79 Å². The second-order valence-corrected chi connectivity index (χ2v) is 7.59. The maximum absolute atomic E-state index is 11.7. The highest BCUT2D eigenvalue weighted by Crippen LogP contribution is 2.34. The minimum absolute atomic E-state index is 0.0301. The number of sulfonamides is 1. The molecule has 2 N–H and O–H groups in total. The minimum Gasteiger partial charge on any atom is -0.480 e. The lowest BCUT2D eigenvalue weighted by molar-refractivity contribution is -0.138. The molecule has 0 aromatic carbocycles. The first-order valence-electron chi connectivity index (χ1n) is 3.94. The fourth-order valence-corrected chi connectivity index (χ4v) is 4.41. The maximum Gasteiger partial charge on any atom is 0.321 e. The monoisotopic (exact) mass is 347 g/mol. The van der Waals surface area contributed by atoms with Crippen molar-refractivity contribution < 1.29 is 18.3 Å². The molecule has 0 unspecified atom stereocenters. The number of aliphatic carboxylic acids is 1. The van der Waals surface area contributed by atoms with E-state index < -0.39 is 22.0 Å². The van der Waals surface area contributed by atoms with Gasteiger partial charge in [0.2, 0.25) is 0 Å². The molecule has 0 radical (unpaired) electrons. The summed E-state index contributed by atoms with van der Waals surface area (Å²) >= 11 is 9.69. The van der Waals surface area contributed by atoms with Gasteiger partial charge in [-0.3, -0.25) is 4.79 Å². The SMILES string of the molecule is C[C@H](NS(=O)(=O)c1cc(Cl)c(Br)s1)C(=O)O. The average molecular weight is 349 g/mol. The van der Waals surface area contributed by atoms with E-state index in [0.717, 1.165) is 11.3 Å². The van der Waals surface area contributed by atoms with Crippen LogP contribution in [0.5, 0.6) is 0 Å². The Balaban J connectivity index is 2.99.